The maximum atomic E-state index is 11.9. The zero-order valence-corrected chi connectivity index (χ0v) is 12.8. The number of carbonyl (C=O) groups excluding carboxylic acids is 2. The van der Waals surface area contributed by atoms with E-state index < -0.39 is 11.8 Å². The molecule has 3 aromatic rings. The van der Waals surface area contributed by atoms with Crippen LogP contribution < -0.4 is 10.7 Å². The molecule has 0 unspecified atom stereocenters. The monoisotopic (exact) mass is 317 g/mol. The van der Waals surface area contributed by atoms with Crippen molar-refractivity contribution in [2.45, 2.75) is 0 Å². The lowest BCUT2D eigenvalue weighted by molar-refractivity contribution is -0.136. The molecular formula is C19H15N3O2. The van der Waals surface area contributed by atoms with Gasteiger partial charge in [0.15, 0.2) is 0 Å². The van der Waals surface area contributed by atoms with Gasteiger partial charge in [-0.1, -0.05) is 60.7 Å². The Morgan fingerprint density at radius 3 is 2.29 bits per heavy atom. The summed E-state index contributed by atoms with van der Waals surface area (Å²) in [6.07, 6.45) is 1.47. The van der Waals surface area contributed by atoms with Gasteiger partial charge in [-0.15, -0.1) is 0 Å². The molecule has 2 amide bonds. The van der Waals surface area contributed by atoms with Crippen molar-refractivity contribution in [1.82, 2.24) is 5.43 Å². The second-order valence-electron chi connectivity index (χ2n) is 5.13. The van der Waals surface area contributed by atoms with E-state index in [1.807, 2.05) is 66.7 Å². The van der Waals surface area contributed by atoms with Crippen molar-refractivity contribution in [3.05, 3.63) is 78.4 Å². The maximum absolute atomic E-state index is 11.9. The zero-order valence-electron chi connectivity index (χ0n) is 12.8. The predicted octanol–water partition coefficient (Wildman–Crippen LogP) is 2.93. The van der Waals surface area contributed by atoms with E-state index in [1.54, 1.807) is 6.07 Å². The molecule has 118 valence electrons. The Bertz CT molecular complexity index is 905. The molecule has 0 heterocycles. The highest BCUT2D eigenvalue weighted by atomic mass is 16.2. The Morgan fingerprint density at radius 2 is 1.50 bits per heavy atom. The van der Waals surface area contributed by atoms with Gasteiger partial charge in [0.2, 0.25) is 0 Å². The molecule has 24 heavy (non-hydrogen) atoms. The number of hydrazone groups is 1. The van der Waals surface area contributed by atoms with Crippen LogP contribution in [0.15, 0.2) is 77.9 Å². The molecule has 0 aliphatic heterocycles. The number of amides is 2. The van der Waals surface area contributed by atoms with Gasteiger partial charge in [-0.3, -0.25) is 9.59 Å². The average molecular weight is 317 g/mol. The molecule has 0 radical (unpaired) electrons. The number of rotatable bonds is 3. The molecule has 0 bridgehead atoms. The number of nitrogens with zero attached hydrogens (tertiary/aromatic N) is 1. The standard InChI is InChI=1S/C19H15N3O2/c23-18(19(24)22-20-13-14-6-2-1-3-7-14)21-17-11-10-15-8-4-5-9-16(15)12-17/h1-13H,(H,21,23)(H,22,24). The van der Waals surface area contributed by atoms with Crippen LogP contribution in [-0.2, 0) is 9.59 Å². The van der Waals surface area contributed by atoms with Crippen LogP contribution in [0.25, 0.3) is 10.8 Å². The molecule has 0 saturated carbocycles. The van der Waals surface area contributed by atoms with Gasteiger partial charge in [0.05, 0.1) is 6.21 Å². The van der Waals surface area contributed by atoms with Gasteiger partial charge in [-0.2, -0.15) is 5.10 Å². The number of carbonyl (C=O) groups is 2. The first-order valence-corrected chi connectivity index (χ1v) is 7.40. The molecule has 0 aromatic heterocycles. The molecule has 2 N–H and O–H groups in total. The number of benzene rings is 3. The van der Waals surface area contributed by atoms with Crippen molar-refractivity contribution in [3.8, 4) is 0 Å². The van der Waals surface area contributed by atoms with E-state index >= 15 is 0 Å². The summed E-state index contributed by atoms with van der Waals surface area (Å²) in [6, 6.07) is 22.5. The second kappa shape index (κ2) is 7.19. The van der Waals surface area contributed by atoms with E-state index in [9.17, 15) is 9.59 Å². The molecule has 3 aromatic carbocycles. The van der Waals surface area contributed by atoms with Crippen LogP contribution in [0.2, 0.25) is 0 Å². The molecule has 0 saturated heterocycles. The quantitative estimate of drug-likeness (QED) is 0.443. The molecule has 0 atom stereocenters. The largest absolute Gasteiger partial charge is 0.329 e. The number of hydrogen-bond acceptors (Lipinski definition) is 3. The third kappa shape index (κ3) is 3.84. The summed E-state index contributed by atoms with van der Waals surface area (Å²) in [5.41, 5.74) is 3.59. The third-order valence-electron chi connectivity index (χ3n) is 3.39. The summed E-state index contributed by atoms with van der Waals surface area (Å²) < 4.78 is 0. The van der Waals surface area contributed by atoms with E-state index in [2.05, 4.69) is 15.8 Å². The number of nitrogens with one attached hydrogen (secondary N) is 2. The highest BCUT2D eigenvalue weighted by molar-refractivity contribution is 6.39. The Kier molecular flexibility index (Phi) is 4.62. The van der Waals surface area contributed by atoms with Crippen LogP contribution in [-0.4, -0.2) is 18.0 Å². The van der Waals surface area contributed by atoms with Gasteiger partial charge in [0.25, 0.3) is 0 Å². The zero-order chi connectivity index (χ0) is 16.8. The number of hydrogen-bond donors (Lipinski definition) is 2. The van der Waals surface area contributed by atoms with Crippen molar-refractivity contribution in [1.29, 1.82) is 0 Å². The Hall–Kier alpha value is -3.47. The molecule has 0 fully saturated rings. The van der Waals surface area contributed by atoms with E-state index in [1.165, 1.54) is 6.21 Å². The average Bonchev–Trinajstić information content (AvgIpc) is 2.62. The molecular weight excluding hydrogens is 302 g/mol. The minimum Gasteiger partial charge on any atom is -0.318 e. The summed E-state index contributed by atoms with van der Waals surface area (Å²) in [4.78, 5) is 23.7. The number of fused-ring (bicyclic) bond motifs is 1. The Balaban J connectivity index is 1.61. The minimum absolute atomic E-state index is 0.556. The topological polar surface area (TPSA) is 70.6 Å². The minimum atomic E-state index is -0.824. The van der Waals surface area contributed by atoms with Crippen LogP contribution in [0.5, 0.6) is 0 Å². The molecule has 5 nitrogen and oxygen atoms in total. The van der Waals surface area contributed by atoms with Crippen molar-refractivity contribution in [2.75, 3.05) is 5.32 Å². The van der Waals surface area contributed by atoms with Crippen LogP contribution >= 0.6 is 0 Å². The fraction of sp³-hybridized carbons (Fsp3) is 0. The van der Waals surface area contributed by atoms with Crippen molar-refractivity contribution < 1.29 is 9.59 Å². The normalized spacial score (nSPS) is 10.7. The fourth-order valence-corrected chi connectivity index (χ4v) is 2.21. The first-order chi connectivity index (χ1) is 11.7. The lowest BCUT2D eigenvalue weighted by atomic mass is 10.1. The maximum Gasteiger partial charge on any atom is 0.329 e. The molecule has 5 heteroatoms. The predicted molar refractivity (Wildman–Crippen MR) is 94.8 cm³/mol. The van der Waals surface area contributed by atoms with Crippen LogP contribution in [0, 0.1) is 0 Å². The van der Waals surface area contributed by atoms with E-state index in [0.29, 0.717) is 5.69 Å². The van der Waals surface area contributed by atoms with E-state index in [4.69, 9.17) is 0 Å². The van der Waals surface area contributed by atoms with Gasteiger partial charge in [0, 0.05) is 5.69 Å². The summed E-state index contributed by atoms with van der Waals surface area (Å²) in [7, 11) is 0. The molecule has 0 aliphatic rings. The lowest BCUT2D eigenvalue weighted by Crippen LogP contribution is -2.32. The highest BCUT2D eigenvalue weighted by Gasteiger charge is 2.12. The van der Waals surface area contributed by atoms with Gasteiger partial charge in [-0.25, -0.2) is 5.43 Å². The smallest absolute Gasteiger partial charge is 0.318 e. The third-order valence-corrected chi connectivity index (χ3v) is 3.39. The summed E-state index contributed by atoms with van der Waals surface area (Å²) in [5, 5.41) is 8.37. The Morgan fingerprint density at radius 1 is 0.792 bits per heavy atom. The highest BCUT2D eigenvalue weighted by Crippen LogP contribution is 2.18. The van der Waals surface area contributed by atoms with Crippen LogP contribution in [0.3, 0.4) is 0 Å². The Labute approximate surface area is 139 Å². The van der Waals surface area contributed by atoms with Crippen LogP contribution in [0.1, 0.15) is 5.56 Å². The summed E-state index contributed by atoms with van der Waals surface area (Å²) in [5.74, 6) is -1.59. The number of anilines is 1. The lowest BCUT2D eigenvalue weighted by Gasteiger charge is -2.05. The van der Waals surface area contributed by atoms with Gasteiger partial charge >= 0.3 is 11.8 Å². The molecule has 0 spiro atoms. The van der Waals surface area contributed by atoms with Crippen LogP contribution in [0.4, 0.5) is 5.69 Å². The molecule has 0 aliphatic carbocycles. The van der Waals surface area contributed by atoms with Crippen molar-refractivity contribution >= 4 is 34.5 Å². The van der Waals surface area contributed by atoms with Crippen molar-refractivity contribution in [3.63, 3.8) is 0 Å². The first kappa shape index (κ1) is 15.4. The first-order valence-electron chi connectivity index (χ1n) is 7.40. The SMILES string of the molecule is O=C(NN=Cc1ccccc1)C(=O)Nc1ccc2ccccc2c1. The van der Waals surface area contributed by atoms with Crippen molar-refractivity contribution in [2.24, 2.45) is 5.10 Å². The summed E-state index contributed by atoms with van der Waals surface area (Å²) in [6.45, 7) is 0. The molecule has 3 rings (SSSR count). The van der Waals surface area contributed by atoms with E-state index in [0.717, 1.165) is 16.3 Å². The fourth-order valence-electron chi connectivity index (χ4n) is 2.21. The summed E-state index contributed by atoms with van der Waals surface area (Å²) >= 11 is 0. The van der Waals surface area contributed by atoms with E-state index in [-0.39, 0.29) is 0 Å². The van der Waals surface area contributed by atoms with Gasteiger partial charge in [0.1, 0.15) is 0 Å². The second-order valence-corrected chi connectivity index (χ2v) is 5.13. The van der Waals surface area contributed by atoms with Gasteiger partial charge in [-0.05, 0) is 28.5 Å². The van der Waals surface area contributed by atoms with Gasteiger partial charge < -0.3 is 5.32 Å².